The van der Waals surface area contributed by atoms with Crippen LogP contribution in [0.15, 0.2) is 36.8 Å². The van der Waals surface area contributed by atoms with Crippen molar-refractivity contribution in [3.8, 4) is 0 Å². The molecule has 21 heavy (non-hydrogen) atoms. The van der Waals surface area contributed by atoms with Gasteiger partial charge in [-0.25, -0.2) is 9.78 Å². The van der Waals surface area contributed by atoms with Gasteiger partial charge in [0.15, 0.2) is 0 Å². The van der Waals surface area contributed by atoms with E-state index in [0.29, 0.717) is 5.56 Å². The highest BCUT2D eigenvalue weighted by molar-refractivity contribution is 6.07. The van der Waals surface area contributed by atoms with E-state index in [9.17, 15) is 9.59 Å². The van der Waals surface area contributed by atoms with Crippen molar-refractivity contribution in [2.75, 3.05) is 24.3 Å². The van der Waals surface area contributed by atoms with Crippen LogP contribution < -0.4 is 10.2 Å². The molecule has 2 heterocycles. The fraction of sp³-hybridized carbons (Fsp3) is 0.143. The fourth-order valence-electron chi connectivity index (χ4n) is 1.66. The third-order valence-corrected chi connectivity index (χ3v) is 2.77. The van der Waals surface area contributed by atoms with E-state index in [1.165, 1.54) is 24.7 Å². The molecule has 0 saturated carbocycles. The number of carbonyl (C=O) groups excluding carboxylic acids is 1. The van der Waals surface area contributed by atoms with Gasteiger partial charge < -0.3 is 15.3 Å². The van der Waals surface area contributed by atoms with Crippen molar-refractivity contribution in [3.63, 3.8) is 0 Å². The number of hydrogen-bond acceptors (Lipinski definition) is 5. The molecule has 0 fully saturated rings. The van der Waals surface area contributed by atoms with Crippen molar-refractivity contribution in [3.05, 3.63) is 47.9 Å². The van der Waals surface area contributed by atoms with Gasteiger partial charge in [-0.15, -0.1) is 0 Å². The van der Waals surface area contributed by atoms with Gasteiger partial charge in [0, 0.05) is 26.5 Å². The number of hydrogen-bond donors (Lipinski definition) is 2. The molecule has 7 nitrogen and oxygen atoms in total. The number of nitrogens with one attached hydrogen (secondary N) is 1. The van der Waals surface area contributed by atoms with E-state index >= 15 is 0 Å². The largest absolute Gasteiger partial charge is 0.478 e. The summed E-state index contributed by atoms with van der Waals surface area (Å²) in [5.41, 5.74) is 0.462. The van der Waals surface area contributed by atoms with Gasteiger partial charge in [0.05, 0.1) is 23.0 Å². The number of pyridine rings is 2. The molecule has 0 aliphatic rings. The number of anilines is 2. The van der Waals surface area contributed by atoms with Crippen LogP contribution in [0.3, 0.4) is 0 Å². The first-order valence-corrected chi connectivity index (χ1v) is 6.11. The first-order chi connectivity index (χ1) is 9.99. The molecule has 108 valence electrons. The molecule has 0 spiro atoms. The molecule has 0 bridgehead atoms. The van der Waals surface area contributed by atoms with Crippen molar-refractivity contribution >= 4 is 23.4 Å². The monoisotopic (exact) mass is 286 g/mol. The van der Waals surface area contributed by atoms with Crippen LogP contribution >= 0.6 is 0 Å². The van der Waals surface area contributed by atoms with Crippen LogP contribution in [0.4, 0.5) is 11.5 Å². The first-order valence-electron chi connectivity index (χ1n) is 6.11. The number of aromatic nitrogens is 2. The molecule has 0 aliphatic heterocycles. The molecule has 0 atom stereocenters. The summed E-state index contributed by atoms with van der Waals surface area (Å²) in [6.07, 6.45) is 4.08. The quantitative estimate of drug-likeness (QED) is 0.884. The second-order valence-electron chi connectivity index (χ2n) is 4.48. The Morgan fingerprint density at radius 1 is 1.19 bits per heavy atom. The SMILES string of the molecule is CN(C)c1ccc(C(=O)Nc2cnccc2C(=O)O)cn1. The number of nitrogens with zero attached hydrogens (tertiary/aromatic N) is 3. The topological polar surface area (TPSA) is 95.4 Å². The lowest BCUT2D eigenvalue weighted by Crippen LogP contribution is -2.16. The van der Waals surface area contributed by atoms with E-state index in [-0.39, 0.29) is 11.3 Å². The second kappa shape index (κ2) is 6.00. The third-order valence-electron chi connectivity index (χ3n) is 2.77. The molecule has 0 aromatic carbocycles. The molecular formula is C14H14N4O3. The standard InChI is InChI=1S/C14H14N4O3/c1-18(2)12-4-3-9(7-16-12)13(19)17-11-8-15-6-5-10(11)14(20)21/h3-8H,1-2H3,(H,17,19)(H,20,21). The van der Waals surface area contributed by atoms with Crippen LogP contribution in [-0.2, 0) is 0 Å². The Morgan fingerprint density at radius 2 is 1.95 bits per heavy atom. The lowest BCUT2D eigenvalue weighted by Gasteiger charge is -2.11. The van der Waals surface area contributed by atoms with E-state index in [2.05, 4.69) is 15.3 Å². The van der Waals surface area contributed by atoms with E-state index in [1.807, 2.05) is 19.0 Å². The minimum absolute atomic E-state index is 0.0174. The van der Waals surface area contributed by atoms with Crippen LogP contribution in [0.25, 0.3) is 0 Å². The summed E-state index contributed by atoms with van der Waals surface area (Å²) >= 11 is 0. The smallest absolute Gasteiger partial charge is 0.337 e. The Kier molecular flexibility index (Phi) is 4.13. The summed E-state index contributed by atoms with van der Waals surface area (Å²) in [6, 6.07) is 4.65. The van der Waals surface area contributed by atoms with E-state index in [0.717, 1.165) is 5.82 Å². The highest BCUT2D eigenvalue weighted by atomic mass is 16.4. The van der Waals surface area contributed by atoms with Gasteiger partial charge in [-0.2, -0.15) is 0 Å². The molecule has 0 saturated heterocycles. The Bertz CT molecular complexity index is 668. The van der Waals surface area contributed by atoms with Gasteiger partial charge in [0.2, 0.25) is 0 Å². The summed E-state index contributed by atoms with van der Waals surface area (Å²) in [5.74, 6) is -0.851. The van der Waals surface area contributed by atoms with Gasteiger partial charge in [-0.05, 0) is 18.2 Å². The highest BCUT2D eigenvalue weighted by Gasteiger charge is 2.13. The molecule has 0 radical (unpaired) electrons. The van der Waals surface area contributed by atoms with Crippen LogP contribution in [0.1, 0.15) is 20.7 Å². The number of rotatable bonds is 4. The van der Waals surface area contributed by atoms with E-state index in [4.69, 9.17) is 5.11 Å². The zero-order valence-electron chi connectivity index (χ0n) is 11.6. The molecule has 7 heteroatoms. The predicted octanol–water partition coefficient (Wildman–Crippen LogP) is 1.49. The summed E-state index contributed by atoms with van der Waals surface area (Å²) in [5, 5.41) is 11.6. The molecular weight excluding hydrogens is 272 g/mol. The Labute approximate surface area is 121 Å². The normalized spacial score (nSPS) is 10.0. The minimum Gasteiger partial charge on any atom is -0.478 e. The minimum atomic E-state index is -1.13. The molecule has 2 rings (SSSR count). The first kappa shape index (κ1) is 14.4. The zero-order chi connectivity index (χ0) is 15.4. The zero-order valence-corrected chi connectivity index (χ0v) is 11.6. The average molecular weight is 286 g/mol. The number of carbonyl (C=O) groups is 2. The summed E-state index contributed by atoms with van der Waals surface area (Å²) < 4.78 is 0. The van der Waals surface area contributed by atoms with Crippen molar-refractivity contribution in [1.82, 2.24) is 9.97 Å². The maximum absolute atomic E-state index is 12.1. The fourth-order valence-corrected chi connectivity index (χ4v) is 1.66. The molecule has 0 aliphatic carbocycles. The lowest BCUT2D eigenvalue weighted by atomic mass is 10.2. The van der Waals surface area contributed by atoms with E-state index in [1.54, 1.807) is 12.1 Å². The second-order valence-corrected chi connectivity index (χ2v) is 4.48. The van der Waals surface area contributed by atoms with Gasteiger partial charge in [-0.3, -0.25) is 9.78 Å². The Morgan fingerprint density at radius 3 is 2.52 bits per heavy atom. The van der Waals surface area contributed by atoms with Crippen LogP contribution in [0.2, 0.25) is 0 Å². The van der Waals surface area contributed by atoms with Gasteiger partial charge in [0.1, 0.15) is 5.82 Å². The van der Waals surface area contributed by atoms with Crippen molar-refractivity contribution in [2.24, 2.45) is 0 Å². The van der Waals surface area contributed by atoms with Crippen LogP contribution in [0.5, 0.6) is 0 Å². The Hall–Kier alpha value is -2.96. The predicted molar refractivity (Wildman–Crippen MR) is 77.7 cm³/mol. The molecule has 2 aromatic heterocycles. The molecule has 2 N–H and O–H groups in total. The Balaban J connectivity index is 2.20. The van der Waals surface area contributed by atoms with Crippen molar-refractivity contribution in [2.45, 2.75) is 0 Å². The number of aromatic carboxylic acids is 1. The van der Waals surface area contributed by atoms with Crippen LogP contribution in [-0.4, -0.2) is 41.0 Å². The summed E-state index contributed by atoms with van der Waals surface area (Å²) in [4.78, 5) is 32.9. The van der Waals surface area contributed by atoms with Gasteiger partial charge in [-0.1, -0.05) is 0 Å². The third kappa shape index (κ3) is 3.33. The highest BCUT2D eigenvalue weighted by Crippen LogP contribution is 2.15. The summed E-state index contributed by atoms with van der Waals surface area (Å²) in [6.45, 7) is 0. The van der Waals surface area contributed by atoms with Gasteiger partial charge >= 0.3 is 5.97 Å². The maximum Gasteiger partial charge on any atom is 0.337 e. The number of carboxylic acid groups (broad SMARTS) is 1. The average Bonchev–Trinajstić information content (AvgIpc) is 2.47. The molecule has 2 aromatic rings. The molecule has 0 unspecified atom stereocenters. The number of carboxylic acids is 1. The van der Waals surface area contributed by atoms with Crippen LogP contribution in [0, 0.1) is 0 Å². The lowest BCUT2D eigenvalue weighted by molar-refractivity contribution is 0.0698. The van der Waals surface area contributed by atoms with Crippen molar-refractivity contribution < 1.29 is 14.7 Å². The summed E-state index contributed by atoms with van der Waals surface area (Å²) in [7, 11) is 3.69. The number of amides is 1. The van der Waals surface area contributed by atoms with E-state index < -0.39 is 11.9 Å². The van der Waals surface area contributed by atoms with Gasteiger partial charge in [0.25, 0.3) is 5.91 Å². The molecule has 1 amide bonds. The van der Waals surface area contributed by atoms with Crippen molar-refractivity contribution in [1.29, 1.82) is 0 Å². The maximum atomic E-state index is 12.1.